The fourth-order valence-electron chi connectivity index (χ4n) is 6.74. The summed E-state index contributed by atoms with van der Waals surface area (Å²) in [6, 6.07) is -9.42. The number of hydrogen-bond acceptors (Lipinski definition) is 14. The molecule has 23 nitrogen and oxygen atoms in total. The fraction of sp³-hybridized carbons (Fsp3) is 0.756. The van der Waals surface area contributed by atoms with Crippen LogP contribution < -0.4 is 48.3 Å². The Hall–Kier alpha value is -5.36. The second-order valence-electron chi connectivity index (χ2n) is 18.7. The van der Waals surface area contributed by atoms with E-state index in [-0.39, 0.29) is 92.6 Å². The van der Waals surface area contributed by atoms with Crippen molar-refractivity contribution >= 4 is 76.1 Å². The quantitative estimate of drug-likeness (QED) is 0.0359. The van der Waals surface area contributed by atoms with Gasteiger partial charge in [0, 0.05) is 25.6 Å². The van der Waals surface area contributed by atoms with Gasteiger partial charge in [0.25, 0.3) is 0 Å². The number of rotatable bonds is 34. The van der Waals surface area contributed by atoms with Gasteiger partial charge in [-0.15, -0.1) is 0 Å². The molecule has 0 unspecified atom stereocenters. The third-order valence-corrected chi connectivity index (χ3v) is 11.1. The molecular formula is C45H79N9O14S. The molecule has 0 saturated heterocycles. The van der Waals surface area contributed by atoms with E-state index in [1.165, 1.54) is 13.8 Å². The predicted molar refractivity (Wildman–Crippen MR) is 257 cm³/mol. The molecule has 0 aromatic rings. The van der Waals surface area contributed by atoms with Crippen molar-refractivity contribution in [3.8, 4) is 0 Å². The molecule has 0 bridgehead atoms. The van der Waals surface area contributed by atoms with Crippen LogP contribution in [0.2, 0.25) is 0 Å². The van der Waals surface area contributed by atoms with Gasteiger partial charge in [0.05, 0.1) is 25.0 Å². The lowest BCUT2D eigenvalue weighted by atomic mass is 9.99. The van der Waals surface area contributed by atoms with E-state index in [1.54, 1.807) is 41.5 Å². The van der Waals surface area contributed by atoms with Crippen molar-refractivity contribution in [2.24, 2.45) is 29.4 Å². The molecule has 0 aromatic heterocycles. The molecule has 0 rings (SSSR count). The second kappa shape index (κ2) is 33.2. The first-order valence-electron chi connectivity index (χ1n) is 23.4. The van der Waals surface area contributed by atoms with Gasteiger partial charge in [-0.25, -0.2) is 0 Å². The van der Waals surface area contributed by atoms with Crippen LogP contribution in [0.5, 0.6) is 0 Å². The Labute approximate surface area is 409 Å². The van der Waals surface area contributed by atoms with Gasteiger partial charge in [0.1, 0.15) is 36.3 Å². The van der Waals surface area contributed by atoms with Crippen molar-refractivity contribution in [3.63, 3.8) is 0 Å². The molecule has 69 heavy (non-hydrogen) atoms. The number of nitrogens with one attached hydrogen (secondary N) is 8. The van der Waals surface area contributed by atoms with E-state index >= 15 is 0 Å². The summed E-state index contributed by atoms with van der Waals surface area (Å²) in [5, 5.41) is 48.6. The predicted octanol–water partition coefficient (Wildman–Crippen LogP) is -0.581. The highest BCUT2D eigenvalue weighted by atomic mass is 32.2. The number of thioether (sulfide) groups is 1. The largest absolute Gasteiger partial charge is 0.481 e. The van der Waals surface area contributed by atoms with Crippen LogP contribution in [0, 0.1) is 23.7 Å². The van der Waals surface area contributed by atoms with E-state index in [0.717, 1.165) is 11.8 Å². The maximum atomic E-state index is 13.9. The number of aliphatic hydroxyl groups excluding tert-OH is 1. The number of amides is 8. The molecule has 0 heterocycles. The first kappa shape index (κ1) is 63.6. The van der Waals surface area contributed by atoms with Gasteiger partial charge < -0.3 is 63.6 Å². The first-order valence-corrected chi connectivity index (χ1v) is 24.4. The topological polar surface area (TPSA) is 371 Å². The highest BCUT2D eigenvalue weighted by Gasteiger charge is 2.36. The molecule has 0 aliphatic carbocycles. The van der Waals surface area contributed by atoms with Crippen molar-refractivity contribution in [2.45, 2.75) is 175 Å². The lowest BCUT2D eigenvalue weighted by Crippen LogP contribution is -2.61. The van der Waals surface area contributed by atoms with Gasteiger partial charge in [0.2, 0.25) is 52.4 Å². The van der Waals surface area contributed by atoms with E-state index in [4.69, 9.17) is 5.73 Å². The van der Waals surface area contributed by atoms with E-state index < -0.39 is 120 Å². The molecule has 0 spiro atoms. The molecule has 0 aliphatic rings. The Balaban J connectivity index is 6.47. The zero-order chi connectivity index (χ0) is 53.1. The van der Waals surface area contributed by atoms with Crippen LogP contribution in [-0.4, -0.2) is 147 Å². The Kier molecular flexibility index (Phi) is 30.6. The lowest BCUT2D eigenvalue weighted by Gasteiger charge is -2.29. The minimum absolute atomic E-state index is 0.0275. The number of aliphatic carboxylic acids is 2. The fourth-order valence-corrected chi connectivity index (χ4v) is 7.50. The number of aliphatic hydroxyl groups is 1. The van der Waals surface area contributed by atoms with E-state index in [1.807, 2.05) is 13.8 Å². The van der Waals surface area contributed by atoms with Crippen molar-refractivity contribution < 1.29 is 68.1 Å². The van der Waals surface area contributed by atoms with Crippen molar-refractivity contribution in [1.29, 1.82) is 0 Å². The smallest absolute Gasteiger partial charge is 0.305 e. The molecule has 24 heteroatoms. The summed E-state index contributed by atoms with van der Waals surface area (Å²) in [6.07, 6.45) is -2.67. The van der Waals surface area contributed by atoms with Gasteiger partial charge in [-0.05, 0) is 75.7 Å². The molecule has 0 saturated carbocycles. The zero-order valence-corrected chi connectivity index (χ0v) is 42.5. The summed E-state index contributed by atoms with van der Waals surface area (Å²) in [5.74, 6) is -9.87. The molecule has 394 valence electrons. The normalized spacial score (nSPS) is 14.8. The van der Waals surface area contributed by atoms with Crippen LogP contribution in [0.4, 0.5) is 0 Å². The zero-order valence-electron chi connectivity index (χ0n) is 41.7. The Morgan fingerprint density at radius 1 is 0.522 bits per heavy atom. The Morgan fingerprint density at radius 2 is 0.957 bits per heavy atom. The number of carboxylic acids is 2. The molecule has 13 N–H and O–H groups in total. The maximum absolute atomic E-state index is 13.9. The summed E-state index contributed by atoms with van der Waals surface area (Å²) in [6.45, 7) is 16.9. The van der Waals surface area contributed by atoms with Crippen molar-refractivity contribution in [1.82, 2.24) is 42.5 Å². The van der Waals surface area contributed by atoms with Crippen LogP contribution in [0.3, 0.4) is 0 Å². The molecular weight excluding hydrogens is 923 g/mol. The number of nitrogens with two attached hydrogens (primary N) is 1. The third-order valence-electron chi connectivity index (χ3n) is 10.1. The first-order chi connectivity index (χ1) is 32.1. The minimum Gasteiger partial charge on any atom is -0.481 e. The van der Waals surface area contributed by atoms with Crippen LogP contribution in [0.15, 0.2) is 0 Å². The average Bonchev–Trinajstić information content (AvgIpc) is 3.21. The summed E-state index contributed by atoms with van der Waals surface area (Å²) in [5.41, 5.74) is 5.74. The summed E-state index contributed by atoms with van der Waals surface area (Å²) in [4.78, 5) is 143. The molecule has 0 fully saturated rings. The van der Waals surface area contributed by atoms with E-state index in [2.05, 4.69) is 42.5 Å². The highest BCUT2D eigenvalue weighted by Crippen LogP contribution is 2.16. The second-order valence-corrected chi connectivity index (χ2v) is 19.8. The van der Waals surface area contributed by atoms with Crippen LogP contribution in [-0.2, 0) is 52.7 Å². The lowest BCUT2D eigenvalue weighted by molar-refractivity contribution is -0.142. The summed E-state index contributed by atoms with van der Waals surface area (Å²) in [7, 11) is 0. The van der Waals surface area contributed by atoms with Gasteiger partial charge in [-0.1, -0.05) is 67.2 Å². The molecule has 8 atom stereocenters. The molecule has 0 aromatic carbocycles. The summed E-state index contributed by atoms with van der Waals surface area (Å²) >= 11 is 0.924. The minimum atomic E-state index is -1.75. The Morgan fingerprint density at radius 3 is 1.41 bits per heavy atom. The van der Waals surface area contributed by atoms with Crippen LogP contribution in [0.1, 0.15) is 127 Å². The number of hydrogen-bond donors (Lipinski definition) is 12. The monoisotopic (exact) mass is 1000 g/mol. The summed E-state index contributed by atoms with van der Waals surface area (Å²) < 4.78 is 0. The maximum Gasteiger partial charge on any atom is 0.305 e. The van der Waals surface area contributed by atoms with Crippen LogP contribution >= 0.6 is 11.8 Å². The average molecular weight is 1000 g/mol. The van der Waals surface area contributed by atoms with Gasteiger partial charge in [-0.3, -0.25) is 52.7 Å². The highest BCUT2D eigenvalue weighted by molar-refractivity contribution is 8.13. The third kappa shape index (κ3) is 28.0. The van der Waals surface area contributed by atoms with Crippen LogP contribution in [0.25, 0.3) is 0 Å². The molecule has 0 aliphatic heterocycles. The number of carbonyl (C=O) groups excluding carboxylic acids is 9. The Bertz CT molecular complexity index is 1750. The SMILES string of the molecule is CC(=O)NCCSC(=O)[C@H](CC(C)C)NC(=O)[C@@H](CC(C)C)NC(=O)[C@H](CC(=O)O)NC(=O)[C@@H](NC(=O)[C@@H](CCCN)NC(=O)[C@H](CC(C)C)NC(=O)[C@H](CCC(=O)O)NC(=O)C[C@@H](C)O)C(C)C. The standard InChI is InChI=1S/C45H79N9O14S/c1-23(2)18-31(50-39(62)30(13-14-36(58)59)48-35(57)21-27(9)55)41(64)49-29(12-11-15-46)40(63)54-38(26(7)8)44(67)52-33(22-37(60)61)43(66)51-32(19-24(3)4)42(65)53-34(20-25(5)6)45(68)69-17-16-47-28(10)56/h23-27,29-34,38,55H,11-22,46H2,1-10H3,(H,47,56)(H,48,57)(H,49,64)(H,50,62)(H,51,66)(H,52,67)(H,53,65)(H,54,63)(H,58,59)(H,60,61)/t27-,29-,30+,31+,32-,33+,34+,38+/m1/s1. The van der Waals surface area contributed by atoms with Crippen molar-refractivity contribution in [2.75, 3.05) is 18.8 Å². The molecule has 0 radical (unpaired) electrons. The number of carbonyl (C=O) groups is 11. The van der Waals surface area contributed by atoms with Gasteiger partial charge in [-0.2, -0.15) is 0 Å². The van der Waals surface area contributed by atoms with Gasteiger partial charge in [0.15, 0.2) is 0 Å². The van der Waals surface area contributed by atoms with Gasteiger partial charge >= 0.3 is 11.9 Å². The van der Waals surface area contributed by atoms with E-state index in [9.17, 15) is 68.1 Å². The van der Waals surface area contributed by atoms with Crippen molar-refractivity contribution in [3.05, 3.63) is 0 Å². The molecule has 8 amide bonds. The number of carboxylic acid groups (broad SMARTS) is 2. The van der Waals surface area contributed by atoms with E-state index in [0.29, 0.717) is 0 Å².